The van der Waals surface area contributed by atoms with Gasteiger partial charge in [-0.05, 0) is 33.6 Å². The maximum atomic E-state index is 11.3. The van der Waals surface area contributed by atoms with Crippen LogP contribution in [0.15, 0.2) is 0 Å². The molecule has 0 aliphatic heterocycles. The molecule has 1 atom stereocenters. The minimum atomic E-state index is -0.263. The largest absolute Gasteiger partial charge is 0.600 e. The van der Waals surface area contributed by atoms with Gasteiger partial charge < -0.3 is 5.21 Å². The monoisotopic (exact) mass is 175 g/mol. The summed E-state index contributed by atoms with van der Waals surface area (Å²) in [4.78, 5) is 5.36. The van der Waals surface area contributed by atoms with Gasteiger partial charge in [-0.3, -0.25) is 0 Å². The van der Waals surface area contributed by atoms with Crippen LogP contribution in [0.4, 0.5) is 0 Å². The van der Waals surface area contributed by atoms with Crippen molar-refractivity contribution in [2.45, 2.75) is 59.1 Å². The molecule has 0 aromatic heterocycles. The van der Waals surface area contributed by atoms with E-state index in [1.54, 1.807) is 0 Å². The van der Waals surface area contributed by atoms with E-state index in [4.69, 9.17) is 4.84 Å². The van der Waals surface area contributed by atoms with E-state index < -0.39 is 0 Å². The molecular weight excluding hydrogens is 154 g/mol. The van der Waals surface area contributed by atoms with Crippen molar-refractivity contribution in [3.05, 3.63) is 5.21 Å². The smallest absolute Gasteiger partial charge is 0.124 e. The molecule has 0 bridgehead atoms. The van der Waals surface area contributed by atoms with E-state index in [0.29, 0.717) is 0 Å². The predicted molar refractivity (Wildman–Crippen MR) is 49.5 cm³/mol. The lowest BCUT2D eigenvalue weighted by molar-refractivity contribution is -1.08. The van der Waals surface area contributed by atoms with E-state index in [-0.39, 0.29) is 16.9 Å². The Labute approximate surface area is 75.2 Å². The highest BCUT2D eigenvalue weighted by atomic mass is 16.9. The standard InChI is InChI=1S/C9H21NO2/c1-6-9(5,7-2)12-10(11)8(3)4/h8,10H,6-7H2,1-5H3. The third-order valence-corrected chi connectivity index (χ3v) is 2.31. The van der Waals surface area contributed by atoms with Crippen molar-refractivity contribution in [1.82, 2.24) is 0 Å². The third kappa shape index (κ3) is 3.52. The Morgan fingerprint density at radius 1 is 1.33 bits per heavy atom. The van der Waals surface area contributed by atoms with Crippen molar-refractivity contribution in [3.8, 4) is 0 Å². The topological polar surface area (TPSA) is 36.7 Å². The summed E-state index contributed by atoms with van der Waals surface area (Å²) >= 11 is 0. The van der Waals surface area contributed by atoms with E-state index in [2.05, 4.69) is 0 Å². The fraction of sp³-hybridized carbons (Fsp3) is 1.00. The normalized spacial score (nSPS) is 15.2. The molecule has 0 fully saturated rings. The summed E-state index contributed by atoms with van der Waals surface area (Å²) < 4.78 is 0. The van der Waals surface area contributed by atoms with E-state index >= 15 is 0 Å². The lowest BCUT2D eigenvalue weighted by Gasteiger charge is -2.34. The van der Waals surface area contributed by atoms with Crippen LogP contribution in [0.2, 0.25) is 0 Å². The van der Waals surface area contributed by atoms with Crippen molar-refractivity contribution in [2.24, 2.45) is 0 Å². The van der Waals surface area contributed by atoms with Gasteiger partial charge in [0.05, 0.1) is 0 Å². The Morgan fingerprint density at radius 2 is 1.75 bits per heavy atom. The van der Waals surface area contributed by atoms with Crippen molar-refractivity contribution in [1.29, 1.82) is 0 Å². The van der Waals surface area contributed by atoms with Gasteiger partial charge in [0.15, 0.2) is 0 Å². The summed E-state index contributed by atoms with van der Waals surface area (Å²) in [7, 11) is 0. The molecule has 0 aromatic carbocycles. The Kier molecular flexibility index (Phi) is 4.75. The Morgan fingerprint density at radius 3 is 2.00 bits per heavy atom. The SMILES string of the molecule is CCC(C)(CC)O[NH+]([O-])C(C)C. The molecule has 0 aromatic rings. The lowest BCUT2D eigenvalue weighted by Crippen LogP contribution is -3.10. The quantitative estimate of drug-likeness (QED) is 0.639. The number of nitrogens with one attached hydrogen (secondary N) is 1. The van der Waals surface area contributed by atoms with Gasteiger partial charge in [0.25, 0.3) is 0 Å². The minimum Gasteiger partial charge on any atom is -0.600 e. The minimum absolute atomic E-state index is 0.0255. The molecular formula is C9H21NO2. The molecule has 0 radical (unpaired) electrons. The average molecular weight is 175 g/mol. The summed E-state index contributed by atoms with van der Waals surface area (Å²) in [6, 6.07) is -0.0255. The van der Waals surface area contributed by atoms with Crippen molar-refractivity contribution >= 4 is 0 Å². The van der Waals surface area contributed by atoms with Crippen LogP contribution in [0.5, 0.6) is 0 Å². The van der Waals surface area contributed by atoms with Crippen LogP contribution in [0, 0.1) is 5.21 Å². The first-order valence-electron chi connectivity index (χ1n) is 4.68. The summed E-state index contributed by atoms with van der Waals surface area (Å²) in [5, 5.41) is 11.2. The number of hydrogen-bond donors (Lipinski definition) is 1. The van der Waals surface area contributed by atoms with Gasteiger partial charge in [0, 0.05) is 0 Å². The fourth-order valence-corrected chi connectivity index (χ4v) is 0.755. The number of hydrogen-bond acceptors (Lipinski definition) is 2. The van der Waals surface area contributed by atoms with Crippen LogP contribution < -0.4 is 5.23 Å². The van der Waals surface area contributed by atoms with Gasteiger partial charge in [-0.1, -0.05) is 13.8 Å². The van der Waals surface area contributed by atoms with Crippen molar-refractivity contribution in [2.75, 3.05) is 0 Å². The summed E-state index contributed by atoms with van der Waals surface area (Å²) in [5.41, 5.74) is -0.263. The second kappa shape index (κ2) is 4.80. The number of hydroxylamine groups is 2. The maximum absolute atomic E-state index is 11.3. The highest BCUT2D eigenvalue weighted by molar-refractivity contribution is 4.68. The first-order chi connectivity index (χ1) is 5.45. The molecule has 74 valence electrons. The number of quaternary nitrogens is 1. The molecule has 0 aliphatic carbocycles. The van der Waals surface area contributed by atoms with Crippen molar-refractivity contribution in [3.63, 3.8) is 0 Å². The second-order valence-electron chi connectivity index (χ2n) is 3.73. The number of rotatable bonds is 5. The van der Waals surface area contributed by atoms with E-state index in [1.165, 1.54) is 0 Å². The van der Waals surface area contributed by atoms with Crippen LogP contribution in [-0.2, 0) is 4.84 Å². The maximum Gasteiger partial charge on any atom is 0.124 e. The molecule has 0 saturated carbocycles. The predicted octanol–water partition coefficient (Wildman–Crippen LogP) is 1.29. The Balaban J connectivity index is 4.02. The fourth-order valence-electron chi connectivity index (χ4n) is 0.755. The van der Waals surface area contributed by atoms with Gasteiger partial charge in [0.1, 0.15) is 11.6 Å². The van der Waals surface area contributed by atoms with Crippen LogP contribution in [0.3, 0.4) is 0 Å². The zero-order valence-electron chi connectivity index (χ0n) is 8.81. The van der Waals surface area contributed by atoms with Crippen LogP contribution in [-0.4, -0.2) is 11.6 Å². The molecule has 0 rings (SSSR count). The van der Waals surface area contributed by atoms with E-state index in [9.17, 15) is 5.21 Å². The van der Waals surface area contributed by atoms with Gasteiger partial charge >= 0.3 is 0 Å². The molecule has 0 heterocycles. The molecule has 1 unspecified atom stereocenters. The molecule has 1 N–H and O–H groups in total. The molecule has 12 heavy (non-hydrogen) atoms. The van der Waals surface area contributed by atoms with E-state index in [1.807, 2.05) is 34.6 Å². The first-order valence-corrected chi connectivity index (χ1v) is 4.68. The summed E-state index contributed by atoms with van der Waals surface area (Å²) in [6.07, 6.45) is 1.75. The van der Waals surface area contributed by atoms with Crippen LogP contribution in [0.1, 0.15) is 47.5 Å². The van der Waals surface area contributed by atoms with Crippen molar-refractivity contribution < 1.29 is 10.1 Å². The molecule has 0 spiro atoms. The summed E-state index contributed by atoms with van der Waals surface area (Å²) in [6.45, 7) is 9.77. The second-order valence-corrected chi connectivity index (χ2v) is 3.73. The van der Waals surface area contributed by atoms with Gasteiger partial charge in [-0.2, -0.15) is 4.84 Å². The average Bonchev–Trinajstić information content (AvgIpc) is 2.04. The first kappa shape index (κ1) is 11.9. The molecule has 0 saturated heterocycles. The molecule has 0 aliphatic rings. The highest BCUT2D eigenvalue weighted by Gasteiger charge is 2.25. The van der Waals surface area contributed by atoms with Crippen LogP contribution in [0.25, 0.3) is 0 Å². The highest BCUT2D eigenvalue weighted by Crippen LogP contribution is 2.16. The molecule has 0 amide bonds. The molecule has 3 nitrogen and oxygen atoms in total. The van der Waals surface area contributed by atoms with Gasteiger partial charge in [-0.25, -0.2) is 5.23 Å². The van der Waals surface area contributed by atoms with Gasteiger partial charge in [0.2, 0.25) is 0 Å². The third-order valence-electron chi connectivity index (χ3n) is 2.31. The van der Waals surface area contributed by atoms with Crippen LogP contribution >= 0.6 is 0 Å². The lowest BCUT2D eigenvalue weighted by atomic mass is 10.0. The Hall–Kier alpha value is -0.120. The van der Waals surface area contributed by atoms with E-state index in [0.717, 1.165) is 12.8 Å². The summed E-state index contributed by atoms with van der Waals surface area (Å²) in [5.74, 6) is 0. The van der Waals surface area contributed by atoms with Gasteiger partial charge in [-0.15, -0.1) is 0 Å². The molecule has 3 heteroatoms. The Bertz CT molecular complexity index is 122. The zero-order chi connectivity index (χ0) is 9.78. The zero-order valence-corrected chi connectivity index (χ0v) is 8.81.